The van der Waals surface area contributed by atoms with Crippen LogP contribution in [-0.2, 0) is 4.43 Å². The first-order valence-electron chi connectivity index (χ1n) is 8.48. The van der Waals surface area contributed by atoms with E-state index in [0.717, 1.165) is 0 Å². The predicted molar refractivity (Wildman–Crippen MR) is 83.1 cm³/mol. The summed E-state index contributed by atoms with van der Waals surface area (Å²) in [6.45, 7) is 4.86. The Morgan fingerprint density at radius 3 is 1.50 bits per heavy atom. The van der Waals surface area contributed by atoms with Crippen LogP contribution in [0.2, 0.25) is 18.1 Å². The van der Waals surface area contributed by atoms with Gasteiger partial charge in [0, 0.05) is 12.0 Å². The van der Waals surface area contributed by atoms with Crippen molar-refractivity contribution in [1.82, 2.24) is 0 Å². The number of alkyl halides is 6. The van der Waals surface area contributed by atoms with Gasteiger partial charge in [-0.25, -0.2) is 0 Å². The molecular formula is C15H27F6NOSi. The summed E-state index contributed by atoms with van der Waals surface area (Å²) in [7, 11) is -3.14. The first kappa shape index (κ1) is 21.8. The fourth-order valence-electron chi connectivity index (χ4n) is 3.66. The van der Waals surface area contributed by atoms with Gasteiger partial charge >= 0.3 is 12.4 Å². The van der Waals surface area contributed by atoms with Crippen LogP contribution in [0.1, 0.15) is 46.5 Å². The minimum absolute atomic E-state index is 0.154. The highest BCUT2D eigenvalue weighted by Crippen LogP contribution is 2.55. The fourth-order valence-corrected chi connectivity index (χ4v) is 6.67. The molecule has 1 saturated carbocycles. The van der Waals surface area contributed by atoms with Crippen LogP contribution in [0.5, 0.6) is 0 Å². The molecule has 1 aliphatic rings. The number of hydrogen-bond donors (Lipinski definition) is 1. The van der Waals surface area contributed by atoms with E-state index in [1.54, 1.807) is 20.8 Å². The number of nitrogens with two attached hydrogens (primary N) is 1. The van der Waals surface area contributed by atoms with Gasteiger partial charge in [-0.1, -0.05) is 20.8 Å². The van der Waals surface area contributed by atoms with Gasteiger partial charge in [0.05, 0.1) is 0 Å². The summed E-state index contributed by atoms with van der Waals surface area (Å²) in [4.78, 5) is 0. The minimum atomic E-state index is -5.50. The maximum atomic E-state index is 13.8. The molecule has 0 saturated heterocycles. The van der Waals surface area contributed by atoms with E-state index < -0.39 is 32.2 Å². The Bertz CT molecular complexity index is 377. The molecule has 0 atom stereocenters. The van der Waals surface area contributed by atoms with E-state index in [-0.39, 0.29) is 49.9 Å². The molecule has 0 bridgehead atoms. The van der Waals surface area contributed by atoms with Crippen LogP contribution < -0.4 is 5.73 Å². The van der Waals surface area contributed by atoms with Gasteiger partial charge in [-0.2, -0.15) is 26.3 Å². The highest BCUT2D eigenvalue weighted by molar-refractivity contribution is 6.73. The third-order valence-corrected chi connectivity index (χ3v) is 10.1. The van der Waals surface area contributed by atoms with Gasteiger partial charge in [0.15, 0.2) is 8.32 Å². The maximum Gasteiger partial charge on any atom is 0.425 e. The second-order valence-electron chi connectivity index (χ2n) is 6.69. The van der Waals surface area contributed by atoms with Crippen molar-refractivity contribution in [3.8, 4) is 0 Å². The van der Waals surface area contributed by atoms with Crippen molar-refractivity contribution in [3.63, 3.8) is 0 Å². The lowest BCUT2D eigenvalue weighted by molar-refractivity contribution is -0.380. The fraction of sp³-hybridized carbons (Fsp3) is 1.00. The number of hydrogen-bond acceptors (Lipinski definition) is 2. The van der Waals surface area contributed by atoms with E-state index in [2.05, 4.69) is 0 Å². The molecule has 2 N–H and O–H groups in total. The van der Waals surface area contributed by atoms with Gasteiger partial charge in [-0.15, -0.1) is 0 Å². The van der Waals surface area contributed by atoms with Crippen molar-refractivity contribution in [2.24, 2.45) is 11.7 Å². The van der Waals surface area contributed by atoms with Crippen molar-refractivity contribution in [3.05, 3.63) is 0 Å². The average Bonchev–Trinajstić information content (AvgIpc) is 2.48. The van der Waals surface area contributed by atoms with E-state index in [1.807, 2.05) is 0 Å². The molecule has 0 spiro atoms. The summed E-state index contributed by atoms with van der Waals surface area (Å²) >= 11 is 0. The zero-order valence-electron chi connectivity index (χ0n) is 14.4. The van der Waals surface area contributed by atoms with Gasteiger partial charge in [0.1, 0.15) is 0 Å². The largest absolute Gasteiger partial charge is 0.425 e. The zero-order chi connectivity index (χ0) is 18.8. The molecule has 1 fully saturated rings. The van der Waals surface area contributed by atoms with Crippen molar-refractivity contribution >= 4 is 8.32 Å². The molecule has 0 radical (unpaired) electrons. The second kappa shape index (κ2) is 7.53. The van der Waals surface area contributed by atoms with Crippen molar-refractivity contribution in [2.75, 3.05) is 0 Å². The molecule has 0 aliphatic heterocycles. The van der Waals surface area contributed by atoms with Crippen LogP contribution >= 0.6 is 0 Å². The van der Waals surface area contributed by atoms with Gasteiger partial charge in [-0.05, 0) is 43.8 Å². The van der Waals surface area contributed by atoms with Crippen LogP contribution in [0.4, 0.5) is 26.3 Å². The molecule has 0 aromatic rings. The molecule has 144 valence electrons. The van der Waals surface area contributed by atoms with Gasteiger partial charge in [0.25, 0.3) is 5.60 Å². The summed E-state index contributed by atoms with van der Waals surface area (Å²) in [5.41, 5.74) is 1.59. The molecule has 1 rings (SSSR count). The summed E-state index contributed by atoms with van der Waals surface area (Å²) in [5.74, 6) is -1.63. The molecular weight excluding hydrogens is 352 g/mol. The molecule has 0 aromatic heterocycles. The van der Waals surface area contributed by atoms with Gasteiger partial charge in [-0.3, -0.25) is 0 Å². The predicted octanol–water partition coefficient (Wildman–Crippen LogP) is 5.39. The van der Waals surface area contributed by atoms with Crippen LogP contribution in [0.3, 0.4) is 0 Å². The lowest BCUT2D eigenvalue weighted by atomic mass is 9.74. The average molecular weight is 379 g/mol. The Balaban J connectivity index is 3.43. The number of rotatable bonds is 6. The third-order valence-electron chi connectivity index (χ3n) is 5.50. The maximum absolute atomic E-state index is 13.8. The van der Waals surface area contributed by atoms with Crippen LogP contribution in [0, 0.1) is 5.92 Å². The third kappa shape index (κ3) is 3.93. The molecule has 24 heavy (non-hydrogen) atoms. The summed E-state index contributed by atoms with van der Waals surface area (Å²) in [6.07, 6.45) is -11.1. The Labute approximate surface area is 140 Å². The highest BCUT2D eigenvalue weighted by atomic mass is 28.4. The molecule has 0 unspecified atom stereocenters. The lowest BCUT2D eigenvalue weighted by Gasteiger charge is -2.49. The lowest BCUT2D eigenvalue weighted by Crippen LogP contribution is -2.68. The summed E-state index contributed by atoms with van der Waals surface area (Å²) < 4.78 is 88.3. The Morgan fingerprint density at radius 1 is 0.833 bits per heavy atom. The molecule has 0 heterocycles. The standard InChI is InChI=1S/C15H27F6NOSi/c1-4-24(5-2,6-3)23-13(14(16,17)18,15(19,20)21)11-7-9-12(22)10-8-11/h11-12H,4-10,22H2,1-3H3. The molecule has 0 aromatic carbocycles. The SMILES string of the molecule is CC[Si](CC)(CC)OC(C1CCC(N)CC1)(C(F)(F)F)C(F)(F)F. The quantitative estimate of drug-likeness (QED) is 0.496. The minimum Gasteiger partial charge on any atom is -0.396 e. The summed E-state index contributed by atoms with van der Waals surface area (Å²) in [5, 5.41) is 0. The van der Waals surface area contributed by atoms with E-state index in [0.29, 0.717) is 0 Å². The number of halogens is 6. The van der Waals surface area contributed by atoms with Crippen LogP contribution in [0.25, 0.3) is 0 Å². The van der Waals surface area contributed by atoms with E-state index in [1.165, 1.54) is 0 Å². The van der Waals surface area contributed by atoms with Crippen molar-refractivity contribution in [2.45, 2.75) is 88.6 Å². The van der Waals surface area contributed by atoms with Crippen LogP contribution in [0.15, 0.2) is 0 Å². The molecule has 0 amide bonds. The van der Waals surface area contributed by atoms with E-state index >= 15 is 0 Å². The zero-order valence-corrected chi connectivity index (χ0v) is 15.4. The first-order chi connectivity index (χ1) is 10.9. The summed E-state index contributed by atoms with van der Waals surface area (Å²) in [6, 6.07) is 0.325. The van der Waals surface area contributed by atoms with Gasteiger partial charge < -0.3 is 10.2 Å². The van der Waals surface area contributed by atoms with Crippen molar-refractivity contribution < 1.29 is 30.8 Å². The molecule has 2 nitrogen and oxygen atoms in total. The monoisotopic (exact) mass is 379 g/mol. The van der Waals surface area contributed by atoms with Crippen molar-refractivity contribution in [1.29, 1.82) is 0 Å². The van der Waals surface area contributed by atoms with Gasteiger partial charge in [0.2, 0.25) is 0 Å². The first-order valence-corrected chi connectivity index (χ1v) is 11.0. The van der Waals surface area contributed by atoms with Crippen LogP contribution in [-0.4, -0.2) is 32.3 Å². The normalized spacial score (nSPS) is 24.2. The Hall–Kier alpha value is -0.283. The second-order valence-corrected chi connectivity index (χ2v) is 11.4. The Kier molecular flexibility index (Phi) is 6.83. The smallest absolute Gasteiger partial charge is 0.396 e. The topological polar surface area (TPSA) is 35.2 Å². The molecule has 9 heteroatoms. The Morgan fingerprint density at radius 2 is 1.21 bits per heavy atom. The van der Waals surface area contributed by atoms with E-state index in [9.17, 15) is 26.3 Å². The van der Waals surface area contributed by atoms with E-state index in [4.69, 9.17) is 10.2 Å². The molecule has 1 aliphatic carbocycles. The highest BCUT2D eigenvalue weighted by Gasteiger charge is 2.76.